The molecule has 0 bridgehead atoms. The van der Waals surface area contributed by atoms with E-state index >= 15 is 0 Å². The van der Waals surface area contributed by atoms with Gasteiger partial charge in [-0.25, -0.2) is 5.01 Å². The molecule has 1 aliphatic carbocycles. The van der Waals surface area contributed by atoms with Crippen LogP contribution in [0, 0.1) is 11.3 Å². The van der Waals surface area contributed by atoms with E-state index in [4.69, 9.17) is 5.73 Å². The smallest absolute Gasteiger partial charge is 0.162 e. The molecule has 1 aromatic heterocycles. The van der Waals surface area contributed by atoms with Crippen LogP contribution in [0.2, 0.25) is 0 Å². The standard InChI is InChI=1S/C22H22N4OS/c1-25(2)26-17-11-15(14-7-4-3-5-8-14)12-18(27)21(17)20(16(13-23)22(26)24)19-9-6-10-28-19/h3-10,15,20H,11-12,24H2,1-2H3/t15-,20-/m0/s1. The van der Waals surface area contributed by atoms with Gasteiger partial charge >= 0.3 is 0 Å². The molecule has 0 amide bonds. The number of carbonyl (C=O) groups is 1. The Labute approximate surface area is 169 Å². The number of allylic oxidation sites excluding steroid dienone is 3. The second kappa shape index (κ2) is 7.27. The number of hydrogen-bond donors (Lipinski definition) is 1. The summed E-state index contributed by atoms with van der Waals surface area (Å²) in [4.78, 5) is 14.4. The van der Waals surface area contributed by atoms with Crippen LogP contribution in [0.3, 0.4) is 0 Å². The summed E-state index contributed by atoms with van der Waals surface area (Å²) in [6.45, 7) is 0. The van der Waals surface area contributed by atoms with Gasteiger partial charge in [-0.3, -0.25) is 9.80 Å². The van der Waals surface area contributed by atoms with Crippen molar-refractivity contribution in [2.45, 2.75) is 24.7 Å². The van der Waals surface area contributed by atoms with Crippen molar-refractivity contribution in [3.05, 3.63) is 80.9 Å². The molecule has 0 fully saturated rings. The number of hydrazine groups is 1. The van der Waals surface area contributed by atoms with Crippen LogP contribution in [0.15, 0.2) is 70.5 Å². The number of nitrogens with two attached hydrogens (primary N) is 1. The van der Waals surface area contributed by atoms with Gasteiger partial charge in [-0.1, -0.05) is 36.4 Å². The van der Waals surface area contributed by atoms with E-state index in [1.807, 2.05) is 59.8 Å². The average Bonchev–Trinajstić information content (AvgIpc) is 3.21. The van der Waals surface area contributed by atoms with E-state index in [9.17, 15) is 10.1 Å². The Morgan fingerprint density at radius 3 is 2.54 bits per heavy atom. The molecule has 2 aliphatic rings. The lowest BCUT2D eigenvalue weighted by Gasteiger charge is -2.43. The van der Waals surface area contributed by atoms with Crippen molar-refractivity contribution in [3.8, 4) is 6.07 Å². The van der Waals surface area contributed by atoms with E-state index in [2.05, 4.69) is 18.2 Å². The fourth-order valence-electron chi connectivity index (χ4n) is 4.27. The van der Waals surface area contributed by atoms with E-state index in [0.717, 1.165) is 16.1 Å². The van der Waals surface area contributed by atoms with Crippen LogP contribution in [-0.2, 0) is 4.79 Å². The van der Waals surface area contributed by atoms with Crippen LogP contribution in [0.25, 0.3) is 0 Å². The Morgan fingerprint density at radius 1 is 1.18 bits per heavy atom. The average molecular weight is 391 g/mol. The molecule has 0 unspecified atom stereocenters. The molecule has 2 aromatic rings. The summed E-state index contributed by atoms with van der Waals surface area (Å²) in [5.74, 6) is 0.238. The molecular weight excluding hydrogens is 368 g/mol. The highest BCUT2D eigenvalue weighted by Crippen LogP contribution is 2.48. The summed E-state index contributed by atoms with van der Waals surface area (Å²) >= 11 is 1.56. The van der Waals surface area contributed by atoms with Crippen molar-refractivity contribution in [1.29, 1.82) is 5.26 Å². The third-order valence-corrected chi connectivity index (χ3v) is 6.38. The molecule has 0 saturated heterocycles. The van der Waals surface area contributed by atoms with E-state index in [0.29, 0.717) is 29.8 Å². The fourth-order valence-corrected chi connectivity index (χ4v) is 5.11. The highest BCUT2D eigenvalue weighted by molar-refractivity contribution is 7.10. The first kappa shape index (κ1) is 18.5. The van der Waals surface area contributed by atoms with Crippen molar-refractivity contribution in [3.63, 3.8) is 0 Å². The Hall–Kier alpha value is -2.88. The number of Topliss-reactive ketones (excluding diaryl/α,β-unsaturated/α-hetero) is 1. The molecule has 142 valence electrons. The zero-order valence-electron chi connectivity index (χ0n) is 15.9. The predicted molar refractivity (Wildman–Crippen MR) is 110 cm³/mol. The molecule has 0 spiro atoms. The first-order valence-electron chi connectivity index (χ1n) is 9.24. The fraction of sp³-hybridized carbons (Fsp3) is 0.273. The van der Waals surface area contributed by atoms with Gasteiger partial charge in [0.25, 0.3) is 0 Å². The number of hydrogen-bond acceptors (Lipinski definition) is 6. The summed E-state index contributed by atoms with van der Waals surface area (Å²) in [5, 5.41) is 15.5. The minimum Gasteiger partial charge on any atom is -0.383 e. The first-order valence-corrected chi connectivity index (χ1v) is 10.1. The Morgan fingerprint density at radius 2 is 1.93 bits per heavy atom. The monoisotopic (exact) mass is 390 g/mol. The summed E-state index contributed by atoms with van der Waals surface area (Å²) in [6.07, 6.45) is 1.16. The molecule has 1 aliphatic heterocycles. The molecule has 2 heterocycles. The maximum absolute atomic E-state index is 13.4. The molecule has 4 rings (SSSR count). The van der Waals surface area contributed by atoms with Gasteiger partial charge < -0.3 is 5.73 Å². The van der Waals surface area contributed by atoms with E-state index in [-0.39, 0.29) is 17.6 Å². The summed E-state index contributed by atoms with van der Waals surface area (Å²) < 4.78 is 0. The van der Waals surface area contributed by atoms with Gasteiger partial charge in [0.05, 0.1) is 17.6 Å². The van der Waals surface area contributed by atoms with Crippen molar-refractivity contribution in [2.24, 2.45) is 5.73 Å². The lowest BCUT2D eigenvalue weighted by atomic mass is 9.74. The Kier molecular flexibility index (Phi) is 4.80. The molecule has 2 N–H and O–H groups in total. The predicted octanol–water partition coefficient (Wildman–Crippen LogP) is 3.72. The number of nitrogens with zero attached hydrogens (tertiary/aromatic N) is 3. The molecule has 1 aromatic carbocycles. The maximum Gasteiger partial charge on any atom is 0.162 e. The second-order valence-corrected chi connectivity index (χ2v) is 8.30. The third-order valence-electron chi connectivity index (χ3n) is 5.44. The topological polar surface area (TPSA) is 73.4 Å². The van der Waals surface area contributed by atoms with Gasteiger partial charge in [0.15, 0.2) is 5.78 Å². The highest BCUT2D eigenvalue weighted by Gasteiger charge is 2.43. The maximum atomic E-state index is 13.4. The van der Waals surface area contributed by atoms with Gasteiger partial charge in [0, 0.05) is 36.7 Å². The number of thiophene rings is 1. The number of rotatable bonds is 3. The normalized spacial score (nSPS) is 22.5. The highest BCUT2D eigenvalue weighted by atomic mass is 32.1. The molecule has 5 nitrogen and oxygen atoms in total. The zero-order chi connectivity index (χ0) is 19.8. The number of carbonyl (C=O) groups excluding carboxylic acids is 1. The van der Waals surface area contributed by atoms with Gasteiger partial charge in [0.2, 0.25) is 0 Å². The first-order chi connectivity index (χ1) is 13.5. The van der Waals surface area contributed by atoms with E-state index in [1.165, 1.54) is 0 Å². The van der Waals surface area contributed by atoms with Crippen molar-refractivity contribution < 1.29 is 4.79 Å². The van der Waals surface area contributed by atoms with Crippen molar-refractivity contribution >= 4 is 17.1 Å². The quantitative estimate of drug-likeness (QED) is 0.865. The van der Waals surface area contributed by atoms with Crippen LogP contribution < -0.4 is 5.73 Å². The van der Waals surface area contributed by atoms with Gasteiger partial charge in [-0.15, -0.1) is 11.3 Å². The van der Waals surface area contributed by atoms with Crippen LogP contribution in [0.5, 0.6) is 0 Å². The molecule has 2 atom stereocenters. The van der Waals surface area contributed by atoms with E-state index < -0.39 is 0 Å². The second-order valence-electron chi connectivity index (χ2n) is 7.32. The molecule has 0 saturated carbocycles. The minimum atomic E-state index is -0.375. The Bertz CT molecular complexity index is 999. The SMILES string of the molecule is CN(C)N1C(N)=C(C#N)[C@@H](c2cccs2)C2=C1C[C@H](c1ccccc1)CC2=O. The summed E-state index contributed by atoms with van der Waals surface area (Å²) in [7, 11) is 3.77. The van der Waals surface area contributed by atoms with Crippen molar-refractivity contribution in [1.82, 2.24) is 10.0 Å². The van der Waals surface area contributed by atoms with Crippen molar-refractivity contribution in [2.75, 3.05) is 14.1 Å². The van der Waals surface area contributed by atoms with Crippen LogP contribution in [0.4, 0.5) is 0 Å². The molecule has 28 heavy (non-hydrogen) atoms. The van der Waals surface area contributed by atoms with Crippen LogP contribution in [0.1, 0.15) is 35.1 Å². The number of ketones is 1. The molecular formula is C22H22N4OS. The lowest BCUT2D eigenvalue weighted by Crippen LogP contribution is -2.45. The third kappa shape index (κ3) is 2.93. The molecule has 6 heteroatoms. The number of benzene rings is 1. The van der Waals surface area contributed by atoms with Gasteiger partial charge in [0.1, 0.15) is 5.82 Å². The molecule has 0 radical (unpaired) electrons. The van der Waals surface area contributed by atoms with Crippen LogP contribution in [-0.4, -0.2) is 29.9 Å². The zero-order valence-corrected chi connectivity index (χ0v) is 16.7. The number of nitriles is 1. The largest absolute Gasteiger partial charge is 0.383 e. The summed E-state index contributed by atoms with van der Waals surface area (Å²) in [6, 6.07) is 16.3. The van der Waals surface area contributed by atoms with Gasteiger partial charge in [-0.2, -0.15) is 5.26 Å². The lowest BCUT2D eigenvalue weighted by molar-refractivity contribution is -0.117. The van der Waals surface area contributed by atoms with E-state index in [1.54, 1.807) is 11.3 Å². The Balaban J connectivity index is 1.88. The summed E-state index contributed by atoms with van der Waals surface area (Å²) in [5.41, 5.74) is 9.69. The van der Waals surface area contributed by atoms with Crippen LogP contribution >= 0.6 is 11.3 Å². The van der Waals surface area contributed by atoms with Gasteiger partial charge in [-0.05, 0) is 29.3 Å². The minimum absolute atomic E-state index is 0.0978.